The van der Waals surface area contributed by atoms with Crippen molar-refractivity contribution in [3.8, 4) is 0 Å². The molecule has 0 aromatic heterocycles. The Hall–Kier alpha value is -2.17. The van der Waals surface area contributed by atoms with Crippen molar-refractivity contribution in [2.45, 2.75) is 0 Å². The minimum Gasteiger partial charge on any atom is -0.378 e. The summed E-state index contributed by atoms with van der Waals surface area (Å²) in [7, 11) is 1.67. The lowest BCUT2D eigenvalue weighted by Crippen LogP contribution is -2.71. The van der Waals surface area contributed by atoms with Gasteiger partial charge in [0.15, 0.2) is 16.7 Å². The number of nitrogens with two attached hydrogens (primary N) is 1. The van der Waals surface area contributed by atoms with Crippen LogP contribution in [0.15, 0.2) is 29.1 Å². The van der Waals surface area contributed by atoms with E-state index in [4.69, 9.17) is 22.5 Å². The summed E-state index contributed by atoms with van der Waals surface area (Å²) in [5.41, 5.74) is 7.84. The van der Waals surface area contributed by atoms with E-state index >= 15 is 0 Å². The number of nitrogens with zero attached hydrogens (tertiary/aromatic N) is 2. The molecule has 0 amide bonds. The molecule has 0 unspecified atom stereocenters. The zero-order chi connectivity index (χ0) is 18.2. The molecule has 136 valence electrons. The summed E-state index contributed by atoms with van der Waals surface area (Å²) in [6.07, 6.45) is 1.51. The Morgan fingerprint density at radius 3 is 2.60 bits per heavy atom. The van der Waals surface area contributed by atoms with E-state index in [1.807, 2.05) is 0 Å². The van der Waals surface area contributed by atoms with Crippen LogP contribution in [-0.4, -0.2) is 45.0 Å². The molecule has 1 aliphatic rings. The molecule has 1 saturated heterocycles. The summed E-state index contributed by atoms with van der Waals surface area (Å²) in [5, 5.41) is 10.9. The number of ether oxygens (including phenoxy) is 1. The number of halogens is 2. The van der Waals surface area contributed by atoms with Gasteiger partial charge in [0.1, 0.15) is 23.3 Å². The Kier molecular flexibility index (Phi) is 7.16. The highest BCUT2D eigenvalue weighted by Gasteiger charge is 2.21. The van der Waals surface area contributed by atoms with Crippen LogP contribution in [0.3, 0.4) is 0 Å². The molecule has 0 bridgehead atoms. The Bertz CT molecular complexity index is 640. The van der Waals surface area contributed by atoms with Crippen molar-refractivity contribution in [2.75, 3.05) is 44.8 Å². The fourth-order valence-electron chi connectivity index (χ4n) is 2.36. The lowest BCUT2D eigenvalue weighted by molar-refractivity contribution is -0.497. The molecule has 10 heteroatoms. The van der Waals surface area contributed by atoms with E-state index in [0.29, 0.717) is 42.8 Å². The molecule has 1 fully saturated rings. The fourth-order valence-corrected chi connectivity index (χ4v) is 2.43. The van der Waals surface area contributed by atoms with Crippen LogP contribution in [0.2, 0.25) is 0 Å². The SMILES string of the molecule is CNC(=S)NC/C(=C/[NH2+]c1cc(F)c(N2CCOCC2)c(F)c1)N=N. The van der Waals surface area contributed by atoms with Gasteiger partial charge < -0.3 is 20.3 Å². The molecule has 1 heterocycles. The van der Waals surface area contributed by atoms with Crippen LogP contribution in [0.1, 0.15) is 0 Å². The second kappa shape index (κ2) is 9.35. The second-order valence-electron chi connectivity index (χ2n) is 5.30. The van der Waals surface area contributed by atoms with Gasteiger partial charge >= 0.3 is 0 Å². The molecule has 1 aliphatic heterocycles. The number of hydrogen-bond acceptors (Lipinski definition) is 5. The Balaban J connectivity index is 2.08. The number of nitrogens with one attached hydrogen (secondary N) is 3. The normalized spacial score (nSPS) is 15.0. The topological polar surface area (TPSA) is 89.3 Å². The summed E-state index contributed by atoms with van der Waals surface area (Å²) in [6.45, 7) is 2.04. The third kappa shape index (κ3) is 5.41. The van der Waals surface area contributed by atoms with Gasteiger partial charge in [-0.3, -0.25) is 5.32 Å². The predicted octanol–water partition coefficient (Wildman–Crippen LogP) is 0.963. The number of morpholine rings is 1. The van der Waals surface area contributed by atoms with Crippen molar-refractivity contribution in [3.05, 3.63) is 35.7 Å². The smallest absolute Gasteiger partial charge is 0.166 e. The van der Waals surface area contributed by atoms with Crippen LogP contribution in [0.25, 0.3) is 0 Å². The molecule has 25 heavy (non-hydrogen) atoms. The van der Waals surface area contributed by atoms with Gasteiger partial charge in [-0.05, 0) is 12.2 Å². The first-order valence-corrected chi connectivity index (χ1v) is 8.14. The van der Waals surface area contributed by atoms with Gasteiger partial charge in [-0.15, -0.1) is 0 Å². The molecular formula is C15H21F2N6OS+. The van der Waals surface area contributed by atoms with Gasteiger partial charge in [0.05, 0.1) is 19.8 Å². The number of anilines is 1. The van der Waals surface area contributed by atoms with E-state index in [-0.39, 0.29) is 12.2 Å². The molecule has 0 atom stereocenters. The van der Waals surface area contributed by atoms with E-state index in [1.165, 1.54) is 23.6 Å². The maximum Gasteiger partial charge on any atom is 0.166 e. The first-order chi connectivity index (χ1) is 12.0. The van der Waals surface area contributed by atoms with Crippen molar-refractivity contribution in [3.63, 3.8) is 0 Å². The number of benzene rings is 1. The first-order valence-electron chi connectivity index (χ1n) is 7.74. The van der Waals surface area contributed by atoms with E-state index < -0.39 is 11.6 Å². The minimum absolute atomic E-state index is 0.0316. The van der Waals surface area contributed by atoms with Gasteiger partial charge in [0.2, 0.25) is 0 Å². The molecule has 0 aliphatic carbocycles. The second-order valence-corrected chi connectivity index (χ2v) is 5.71. The van der Waals surface area contributed by atoms with Gasteiger partial charge in [-0.25, -0.2) is 14.3 Å². The molecule has 0 saturated carbocycles. The lowest BCUT2D eigenvalue weighted by atomic mass is 10.2. The average Bonchev–Trinajstić information content (AvgIpc) is 2.62. The predicted molar refractivity (Wildman–Crippen MR) is 93.9 cm³/mol. The molecule has 2 rings (SSSR count). The first kappa shape index (κ1) is 19.2. The van der Waals surface area contributed by atoms with Crippen LogP contribution < -0.4 is 20.9 Å². The number of quaternary nitrogens is 1. The quantitative estimate of drug-likeness (QED) is 0.340. The number of thiocarbonyl (C=S) groups is 1. The minimum atomic E-state index is -0.625. The fraction of sp³-hybridized carbons (Fsp3) is 0.400. The monoisotopic (exact) mass is 371 g/mol. The van der Waals surface area contributed by atoms with Crippen molar-refractivity contribution < 1.29 is 18.8 Å². The molecule has 7 nitrogen and oxygen atoms in total. The van der Waals surface area contributed by atoms with Gasteiger partial charge in [-0.1, -0.05) is 0 Å². The van der Waals surface area contributed by atoms with E-state index in [2.05, 4.69) is 15.7 Å². The molecule has 1 aromatic carbocycles. The summed E-state index contributed by atoms with van der Waals surface area (Å²) >= 11 is 4.93. The molecular weight excluding hydrogens is 350 g/mol. The summed E-state index contributed by atoms with van der Waals surface area (Å²) < 4.78 is 33.9. The third-order valence-corrected chi connectivity index (χ3v) is 3.98. The van der Waals surface area contributed by atoms with Crippen LogP contribution in [0.4, 0.5) is 20.2 Å². The zero-order valence-electron chi connectivity index (χ0n) is 13.8. The van der Waals surface area contributed by atoms with E-state index in [0.717, 1.165) is 0 Å². The molecule has 5 N–H and O–H groups in total. The maximum absolute atomic E-state index is 14.3. The van der Waals surface area contributed by atoms with E-state index in [1.54, 1.807) is 11.9 Å². The molecule has 0 spiro atoms. The highest BCUT2D eigenvalue weighted by atomic mass is 32.1. The lowest BCUT2D eigenvalue weighted by Gasteiger charge is -2.29. The average molecular weight is 371 g/mol. The van der Waals surface area contributed by atoms with Gasteiger partial charge in [0, 0.05) is 32.3 Å². The van der Waals surface area contributed by atoms with Crippen molar-refractivity contribution in [1.29, 1.82) is 5.53 Å². The molecule has 0 radical (unpaired) electrons. The van der Waals surface area contributed by atoms with E-state index in [9.17, 15) is 8.78 Å². The number of rotatable bonds is 6. The standard InChI is InChI=1S/C15H20F2N6OS/c1-19-15(25)21-9-11(22-18)8-20-10-6-12(16)14(13(17)7-10)23-2-4-24-5-3-23/h6-8,18,20H,2-5,9H2,1H3,(H2,19,21,25)/p+1/b11-8-,22-18?. The van der Waals surface area contributed by atoms with Crippen LogP contribution in [0, 0.1) is 17.2 Å². The highest BCUT2D eigenvalue weighted by molar-refractivity contribution is 7.80. The Morgan fingerprint density at radius 2 is 2.04 bits per heavy atom. The zero-order valence-corrected chi connectivity index (χ0v) is 14.6. The number of hydrogen-bond donors (Lipinski definition) is 4. The van der Waals surface area contributed by atoms with Gasteiger partial charge in [-0.2, -0.15) is 5.11 Å². The summed E-state index contributed by atoms with van der Waals surface area (Å²) in [4.78, 5) is 1.64. The van der Waals surface area contributed by atoms with Crippen LogP contribution in [0.5, 0.6) is 0 Å². The Morgan fingerprint density at radius 1 is 1.40 bits per heavy atom. The van der Waals surface area contributed by atoms with Crippen molar-refractivity contribution in [2.24, 2.45) is 5.11 Å². The summed E-state index contributed by atoms with van der Waals surface area (Å²) in [5.74, 6) is -1.25. The third-order valence-electron chi connectivity index (χ3n) is 3.64. The maximum atomic E-state index is 14.3. The Labute approximate surface area is 149 Å². The van der Waals surface area contributed by atoms with Crippen molar-refractivity contribution in [1.82, 2.24) is 10.6 Å². The van der Waals surface area contributed by atoms with Gasteiger partial charge in [0.25, 0.3) is 0 Å². The summed E-state index contributed by atoms with van der Waals surface area (Å²) in [6, 6.07) is 2.52. The van der Waals surface area contributed by atoms with Crippen LogP contribution >= 0.6 is 12.2 Å². The molecule has 1 aromatic rings. The van der Waals surface area contributed by atoms with Crippen LogP contribution in [-0.2, 0) is 4.74 Å². The van der Waals surface area contributed by atoms with Crippen molar-refractivity contribution >= 4 is 28.7 Å². The highest BCUT2D eigenvalue weighted by Crippen LogP contribution is 2.26. The largest absolute Gasteiger partial charge is 0.378 e.